The van der Waals surface area contributed by atoms with Gasteiger partial charge in [-0.15, -0.1) is 0 Å². The van der Waals surface area contributed by atoms with E-state index in [-0.39, 0.29) is 12.5 Å². The lowest BCUT2D eigenvalue weighted by atomic mass is 10.1. The molecule has 0 amide bonds. The number of carbonyl (C=O) groups is 1. The van der Waals surface area contributed by atoms with Crippen LogP contribution in [0.15, 0.2) is 0 Å². The summed E-state index contributed by atoms with van der Waals surface area (Å²) in [5.74, 6) is 1.43. The standard InChI is InChI=1S/C13H23NO3S/c15-13(16)9-11-10-18-8-6-14(11)5-1-3-12-4-2-7-17-12/h11-12H,1-10H2,(H,15,16). The number of carboxylic acids is 1. The third-order valence-electron chi connectivity index (χ3n) is 3.76. The van der Waals surface area contributed by atoms with Gasteiger partial charge in [-0.2, -0.15) is 11.8 Å². The van der Waals surface area contributed by atoms with Gasteiger partial charge in [-0.05, 0) is 32.2 Å². The molecule has 2 fully saturated rings. The van der Waals surface area contributed by atoms with Crippen LogP contribution >= 0.6 is 11.8 Å². The summed E-state index contributed by atoms with van der Waals surface area (Å²) in [5, 5.41) is 8.93. The second-order valence-corrected chi connectivity index (χ2v) is 6.29. The first kappa shape index (κ1) is 14.2. The third kappa shape index (κ3) is 4.44. The van der Waals surface area contributed by atoms with E-state index in [9.17, 15) is 4.79 Å². The molecule has 2 aliphatic rings. The third-order valence-corrected chi connectivity index (χ3v) is 4.85. The van der Waals surface area contributed by atoms with Gasteiger partial charge >= 0.3 is 5.97 Å². The molecule has 4 nitrogen and oxygen atoms in total. The molecule has 0 bridgehead atoms. The Bertz CT molecular complexity index is 269. The summed E-state index contributed by atoms with van der Waals surface area (Å²) in [6, 6.07) is 0.228. The van der Waals surface area contributed by atoms with Crippen molar-refractivity contribution < 1.29 is 14.6 Å². The average molecular weight is 273 g/mol. The Morgan fingerprint density at radius 1 is 1.50 bits per heavy atom. The second kappa shape index (κ2) is 7.36. The van der Waals surface area contributed by atoms with Crippen molar-refractivity contribution in [1.29, 1.82) is 0 Å². The Kier molecular flexibility index (Phi) is 5.79. The molecule has 2 saturated heterocycles. The molecule has 2 aliphatic heterocycles. The Hall–Kier alpha value is -0.260. The van der Waals surface area contributed by atoms with Gasteiger partial charge in [0.15, 0.2) is 0 Å². The number of hydrogen-bond donors (Lipinski definition) is 1. The zero-order chi connectivity index (χ0) is 12.8. The van der Waals surface area contributed by atoms with Gasteiger partial charge < -0.3 is 9.84 Å². The van der Waals surface area contributed by atoms with E-state index >= 15 is 0 Å². The molecule has 2 heterocycles. The number of carboxylic acid groups (broad SMARTS) is 1. The molecule has 0 spiro atoms. The van der Waals surface area contributed by atoms with E-state index in [1.54, 1.807) is 0 Å². The van der Waals surface area contributed by atoms with Crippen molar-refractivity contribution in [2.24, 2.45) is 0 Å². The molecule has 0 aromatic carbocycles. The normalized spacial score (nSPS) is 29.6. The van der Waals surface area contributed by atoms with Crippen molar-refractivity contribution >= 4 is 17.7 Å². The van der Waals surface area contributed by atoms with Crippen molar-refractivity contribution in [3.8, 4) is 0 Å². The predicted octanol–water partition coefficient (Wildman–Crippen LogP) is 1.84. The lowest BCUT2D eigenvalue weighted by Crippen LogP contribution is -2.44. The van der Waals surface area contributed by atoms with Crippen molar-refractivity contribution in [1.82, 2.24) is 4.90 Å². The first-order valence-electron chi connectivity index (χ1n) is 6.91. The first-order chi connectivity index (χ1) is 8.75. The maximum absolute atomic E-state index is 10.8. The number of nitrogens with zero attached hydrogens (tertiary/aromatic N) is 1. The van der Waals surface area contributed by atoms with Crippen LogP contribution in [0.25, 0.3) is 0 Å². The van der Waals surface area contributed by atoms with E-state index in [0.29, 0.717) is 6.10 Å². The van der Waals surface area contributed by atoms with Crippen molar-refractivity contribution in [3.63, 3.8) is 0 Å². The zero-order valence-electron chi connectivity index (χ0n) is 10.8. The molecule has 0 aromatic rings. The van der Waals surface area contributed by atoms with E-state index in [2.05, 4.69) is 4.90 Å². The van der Waals surface area contributed by atoms with Gasteiger partial charge in [0.05, 0.1) is 12.5 Å². The minimum atomic E-state index is -0.674. The Morgan fingerprint density at radius 3 is 3.11 bits per heavy atom. The maximum atomic E-state index is 10.8. The van der Waals surface area contributed by atoms with Gasteiger partial charge in [0.25, 0.3) is 0 Å². The van der Waals surface area contributed by atoms with E-state index in [4.69, 9.17) is 9.84 Å². The molecule has 0 aliphatic carbocycles. The van der Waals surface area contributed by atoms with Crippen LogP contribution in [0.3, 0.4) is 0 Å². The second-order valence-electron chi connectivity index (χ2n) is 5.14. The molecular formula is C13H23NO3S. The van der Waals surface area contributed by atoms with Crippen molar-refractivity contribution in [2.45, 2.75) is 44.2 Å². The number of rotatable bonds is 6. The molecule has 0 aromatic heterocycles. The number of ether oxygens (including phenoxy) is 1. The summed E-state index contributed by atoms with van der Waals surface area (Å²) >= 11 is 1.88. The van der Waals surface area contributed by atoms with Crippen LogP contribution in [-0.4, -0.2) is 59.3 Å². The minimum Gasteiger partial charge on any atom is -0.481 e. The fraction of sp³-hybridized carbons (Fsp3) is 0.923. The highest BCUT2D eigenvalue weighted by molar-refractivity contribution is 7.99. The fourth-order valence-corrected chi connectivity index (χ4v) is 3.90. The van der Waals surface area contributed by atoms with Crippen LogP contribution in [-0.2, 0) is 9.53 Å². The van der Waals surface area contributed by atoms with Crippen LogP contribution in [0, 0.1) is 0 Å². The van der Waals surface area contributed by atoms with Gasteiger partial charge in [-0.25, -0.2) is 0 Å². The fourth-order valence-electron chi connectivity index (χ4n) is 2.77. The van der Waals surface area contributed by atoms with E-state index in [1.165, 1.54) is 12.8 Å². The number of thioether (sulfide) groups is 1. The molecule has 2 rings (SSSR count). The summed E-state index contributed by atoms with van der Waals surface area (Å²) in [7, 11) is 0. The summed E-state index contributed by atoms with van der Waals surface area (Å²) in [6.07, 6.45) is 5.41. The highest BCUT2D eigenvalue weighted by Crippen LogP contribution is 2.21. The highest BCUT2D eigenvalue weighted by atomic mass is 32.2. The molecular weight excluding hydrogens is 250 g/mol. The Morgan fingerprint density at radius 2 is 2.39 bits per heavy atom. The molecule has 1 N–H and O–H groups in total. The number of hydrogen-bond acceptors (Lipinski definition) is 4. The zero-order valence-corrected chi connectivity index (χ0v) is 11.7. The molecule has 2 unspecified atom stereocenters. The van der Waals surface area contributed by atoms with Crippen LogP contribution in [0.4, 0.5) is 0 Å². The van der Waals surface area contributed by atoms with Gasteiger partial charge in [0.2, 0.25) is 0 Å². The Balaban J connectivity index is 1.69. The lowest BCUT2D eigenvalue weighted by molar-refractivity contribution is -0.138. The summed E-state index contributed by atoms with van der Waals surface area (Å²) in [4.78, 5) is 13.2. The average Bonchev–Trinajstić information content (AvgIpc) is 2.84. The lowest BCUT2D eigenvalue weighted by Gasteiger charge is -2.34. The van der Waals surface area contributed by atoms with Crippen molar-refractivity contribution in [2.75, 3.05) is 31.2 Å². The van der Waals surface area contributed by atoms with E-state index < -0.39 is 5.97 Å². The first-order valence-corrected chi connectivity index (χ1v) is 8.06. The van der Waals surface area contributed by atoms with Crippen LogP contribution in [0.5, 0.6) is 0 Å². The monoisotopic (exact) mass is 273 g/mol. The summed E-state index contributed by atoms with van der Waals surface area (Å²) < 4.78 is 5.62. The smallest absolute Gasteiger partial charge is 0.304 e. The van der Waals surface area contributed by atoms with Gasteiger partial charge in [-0.1, -0.05) is 0 Å². The van der Waals surface area contributed by atoms with Gasteiger partial charge in [0.1, 0.15) is 0 Å². The minimum absolute atomic E-state index is 0.228. The summed E-state index contributed by atoms with van der Waals surface area (Å²) in [5.41, 5.74) is 0. The SMILES string of the molecule is O=C(O)CC1CSCCN1CCCC1CCCO1. The Labute approximate surface area is 113 Å². The quantitative estimate of drug-likeness (QED) is 0.800. The molecule has 18 heavy (non-hydrogen) atoms. The highest BCUT2D eigenvalue weighted by Gasteiger charge is 2.25. The van der Waals surface area contributed by atoms with Crippen LogP contribution in [0.1, 0.15) is 32.1 Å². The predicted molar refractivity (Wildman–Crippen MR) is 73.1 cm³/mol. The van der Waals surface area contributed by atoms with Crippen LogP contribution in [0.2, 0.25) is 0 Å². The summed E-state index contributed by atoms with van der Waals surface area (Å²) in [6.45, 7) is 2.99. The molecule has 104 valence electrons. The van der Waals surface area contributed by atoms with Crippen molar-refractivity contribution in [3.05, 3.63) is 0 Å². The molecule has 0 radical (unpaired) electrons. The van der Waals surface area contributed by atoms with E-state index in [0.717, 1.165) is 44.0 Å². The number of aliphatic carboxylic acids is 1. The topological polar surface area (TPSA) is 49.8 Å². The molecule has 2 atom stereocenters. The maximum Gasteiger partial charge on any atom is 0.304 e. The van der Waals surface area contributed by atoms with Crippen LogP contribution < -0.4 is 0 Å². The largest absolute Gasteiger partial charge is 0.481 e. The molecule has 5 heteroatoms. The van der Waals surface area contributed by atoms with Gasteiger partial charge in [0, 0.05) is 30.7 Å². The van der Waals surface area contributed by atoms with Gasteiger partial charge in [-0.3, -0.25) is 9.69 Å². The van der Waals surface area contributed by atoms with E-state index in [1.807, 2.05) is 11.8 Å². The molecule has 0 saturated carbocycles.